The van der Waals surface area contributed by atoms with Gasteiger partial charge in [0.25, 0.3) is 0 Å². The number of benzene rings is 1. The highest BCUT2D eigenvalue weighted by atomic mass is 35.5. The van der Waals surface area contributed by atoms with E-state index in [9.17, 15) is 0 Å². The molecule has 0 aliphatic carbocycles. The number of hydrogen-bond acceptors (Lipinski definition) is 7. The molecule has 2 unspecified atom stereocenters. The summed E-state index contributed by atoms with van der Waals surface area (Å²) in [5.41, 5.74) is 0.562. The number of nitrogens with zero attached hydrogens (tertiary/aromatic N) is 3. The van der Waals surface area contributed by atoms with E-state index in [4.69, 9.17) is 37.4 Å². The first-order valence-electron chi connectivity index (χ1n) is 9.02. The molecular weight excluding hydrogens is 403 g/mol. The molecule has 2 heterocycles. The van der Waals surface area contributed by atoms with Gasteiger partial charge in [0.15, 0.2) is 5.56 Å². The van der Waals surface area contributed by atoms with Gasteiger partial charge in [-0.15, -0.1) is 11.6 Å². The van der Waals surface area contributed by atoms with Gasteiger partial charge in [0.2, 0.25) is 5.95 Å². The first-order valence-corrected chi connectivity index (χ1v) is 9.99. The first-order chi connectivity index (χ1) is 13.7. The number of halogens is 2. The topological polar surface area (TPSA) is 68.7 Å². The van der Waals surface area contributed by atoms with Gasteiger partial charge in [-0.05, 0) is 24.6 Å². The Morgan fingerprint density at radius 3 is 2.89 bits per heavy atom. The third-order valence-electron chi connectivity index (χ3n) is 4.57. The van der Waals surface area contributed by atoms with Crippen molar-refractivity contribution in [3.63, 3.8) is 0 Å². The molecule has 7 nitrogen and oxygen atoms in total. The smallest absolute Gasteiger partial charge is 0.227 e. The molecule has 1 aromatic heterocycles. The van der Waals surface area contributed by atoms with Gasteiger partial charge in [-0.1, -0.05) is 11.6 Å². The largest absolute Gasteiger partial charge is 0.497 e. The Kier molecular flexibility index (Phi) is 7.42. The number of hydrogen-bond donors (Lipinski definition) is 1. The molecule has 0 spiro atoms. The summed E-state index contributed by atoms with van der Waals surface area (Å²) in [5, 5.41) is 3.32. The van der Waals surface area contributed by atoms with Crippen molar-refractivity contribution in [3.05, 3.63) is 36.0 Å². The van der Waals surface area contributed by atoms with Crippen molar-refractivity contribution < 1.29 is 14.2 Å². The van der Waals surface area contributed by atoms with Crippen molar-refractivity contribution >= 4 is 35.0 Å². The molecule has 3 rings (SSSR count). The van der Waals surface area contributed by atoms with Gasteiger partial charge in [-0.2, -0.15) is 4.98 Å². The Balaban J connectivity index is 1.73. The van der Waals surface area contributed by atoms with Crippen molar-refractivity contribution in [3.8, 4) is 11.5 Å². The van der Waals surface area contributed by atoms with Crippen molar-refractivity contribution in [2.24, 2.45) is 0 Å². The molecule has 0 radical (unpaired) electrons. The van der Waals surface area contributed by atoms with Crippen LogP contribution in [0.25, 0.3) is 0 Å². The number of rotatable bonds is 8. The van der Waals surface area contributed by atoms with Crippen LogP contribution >= 0.6 is 23.2 Å². The lowest BCUT2D eigenvalue weighted by Crippen LogP contribution is -2.50. The van der Waals surface area contributed by atoms with E-state index >= 15 is 0 Å². The quantitative estimate of drug-likeness (QED) is 0.647. The summed E-state index contributed by atoms with van der Waals surface area (Å²) in [7, 11) is 3.27. The third kappa shape index (κ3) is 4.90. The minimum atomic E-state index is -0.434. The molecule has 1 saturated heterocycles. The van der Waals surface area contributed by atoms with E-state index in [0.29, 0.717) is 43.8 Å². The summed E-state index contributed by atoms with van der Waals surface area (Å²) in [4.78, 5) is 11.1. The van der Waals surface area contributed by atoms with Crippen LogP contribution in [0.3, 0.4) is 0 Å². The fourth-order valence-electron chi connectivity index (χ4n) is 3.10. The van der Waals surface area contributed by atoms with Gasteiger partial charge < -0.3 is 24.4 Å². The monoisotopic (exact) mass is 426 g/mol. The Labute approximate surface area is 174 Å². The normalized spacial score (nSPS) is 19.4. The number of alkyl halides is 2. The number of ether oxygens (including phenoxy) is 3. The van der Waals surface area contributed by atoms with E-state index < -0.39 is 5.56 Å². The Morgan fingerprint density at radius 1 is 1.29 bits per heavy atom. The Morgan fingerprint density at radius 2 is 2.14 bits per heavy atom. The summed E-state index contributed by atoms with van der Waals surface area (Å²) >= 11 is 12.3. The van der Waals surface area contributed by atoms with Gasteiger partial charge in [0, 0.05) is 36.8 Å². The Bertz CT molecular complexity index is 781. The molecule has 9 heteroatoms. The van der Waals surface area contributed by atoms with Gasteiger partial charge in [0.05, 0.1) is 26.9 Å². The van der Waals surface area contributed by atoms with Gasteiger partial charge in [-0.25, -0.2) is 4.98 Å². The highest BCUT2D eigenvalue weighted by Gasteiger charge is 2.32. The summed E-state index contributed by atoms with van der Waals surface area (Å²) in [5.74, 6) is 3.31. The lowest BCUT2D eigenvalue weighted by molar-refractivity contribution is 0.0626. The van der Waals surface area contributed by atoms with Crippen molar-refractivity contribution in [2.45, 2.75) is 24.6 Å². The number of aromatic nitrogens is 2. The lowest BCUT2D eigenvalue weighted by atomic mass is 10.2. The van der Waals surface area contributed by atoms with E-state index in [-0.39, 0.29) is 6.04 Å². The van der Waals surface area contributed by atoms with Crippen LogP contribution in [0.2, 0.25) is 0 Å². The average Bonchev–Trinajstić information content (AvgIpc) is 2.74. The zero-order valence-corrected chi connectivity index (χ0v) is 17.4. The summed E-state index contributed by atoms with van der Waals surface area (Å²) in [6.45, 7) is 1.74. The fourth-order valence-corrected chi connectivity index (χ4v) is 3.67. The number of morpholine rings is 1. The van der Waals surface area contributed by atoms with E-state index in [0.717, 1.165) is 17.1 Å². The molecule has 1 aliphatic heterocycles. The fraction of sp³-hybridized carbons (Fsp3) is 0.474. The molecule has 0 saturated carbocycles. The minimum Gasteiger partial charge on any atom is -0.497 e. The van der Waals surface area contributed by atoms with Crippen LogP contribution in [0.15, 0.2) is 30.5 Å². The molecule has 152 valence electrons. The third-order valence-corrected chi connectivity index (χ3v) is 5.21. The van der Waals surface area contributed by atoms with Crippen LogP contribution in [0.1, 0.15) is 12.0 Å². The van der Waals surface area contributed by atoms with Crippen LogP contribution in [0.4, 0.5) is 11.8 Å². The summed E-state index contributed by atoms with van der Waals surface area (Å²) < 4.78 is 16.2. The second kappa shape index (κ2) is 10.0. The molecule has 1 aliphatic rings. The molecule has 0 amide bonds. The number of nitrogens with one attached hydrogen (secondary N) is 1. The SMILES string of the molecule is COc1ccc(CNc2ccnc(N3CCOC(Cl)C3CCCl)n2)c(OC)c1. The van der Waals surface area contributed by atoms with Crippen LogP contribution in [0.5, 0.6) is 11.5 Å². The van der Waals surface area contributed by atoms with E-state index in [1.54, 1.807) is 20.4 Å². The molecule has 1 fully saturated rings. The number of anilines is 2. The number of methoxy groups -OCH3 is 2. The molecule has 2 aromatic rings. The Hall–Kier alpha value is -1.96. The van der Waals surface area contributed by atoms with Crippen LogP contribution < -0.4 is 19.7 Å². The van der Waals surface area contributed by atoms with E-state index in [2.05, 4.69) is 20.2 Å². The van der Waals surface area contributed by atoms with Crippen LogP contribution in [0, 0.1) is 0 Å². The zero-order chi connectivity index (χ0) is 19.9. The second-order valence-electron chi connectivity index (χ2n) is 6.23. The van der Waals surface area contributed by atoms with Gasteiger partial charge >= 0.3 is 0 Å². The van der Waals surface area contributed by atoms with Gasteiger partial charge in [0.1, 0.15) is 17.3 Å². The standard InChI is InChI=1S/C19H24Cl2N4O3/c1-26-14-4-3-13(16(11-14)27-2)12-23-17-6-8-22-19(24-17)25-9-10-28-18(21)15(25)5-7-20/h3-4,6,8,11,15,18H,5,7,9-10,12H2,1-2H3,(H,22,23,24). The molecule has 2 atom stereocenters. The first kappa shape index (κ1) is 20.8. The maximum Gasteiger partial charge on any atom is 0.227 e. The minimum absolute atomic E-state index is 0.0650. The molecule has 1 aromatic carbocycles. The predicted octanol–water partition coefficient (Wildman–Crippen LogP) is 3.50. The highest BCUT2D eigenvalue weighted by Crippen LogP contribution is 2.27. The highest BCUT2D eigenvalue weighted by molar-refractivity contribution is 6.20. The van der Waals surface area contributed by atoms with Crippen LogP contribution in [-0.4, -0.2) is 54.8 Å². The average molecular weight is 427 g/mol. The maximum absolute atomic E-state index is 6.33. The van der Waals surface area contributed by atoms with Crippen LogP contribution in [-0.2, 0) is 11.3 Å². The van der Waals surface area contributed by atoms with Crippen molar-refractivity contribution in [2.75, 3.05) is 43.5 Å². The van der Waals surface area contributed by atoms with Crippen molar-refractivity contribution in [1.82, 2.24) is 9.97 Å². The lowest BCUT2D eigenvalue weighted by Gasteiger charge is -2.38. The maximum atomic E-state index is 6.33. The van der Waals surface area contributed by atoms with E-state index in [1.807, 2.05) is 24.3 Å². The summed E-state index contributed by atoms with van der Waals surface area (Å²) in [6, 6.07) is 7.48. The molecule has 0 bridgehead atoms. The molecule has 1 N–H and O–H groups in total. The summed E-state index contributed by atoms with van der Waals surface area (Å²) in [6.07, 6.45) is 2.42. The molecular formula is C19H24Cl2N4O3. The van der Waals surface area contributed by atoms with E-state index in [1.165, 1.54) is 0 Å². The predicted molar refractivity (Wildman–Crippen MR) is 111 cm³/mol. The van der Waals surface area contributed by atoms with Crippen molar-refractivity contribution in [1.29, 1.82) is 0 Å². The second-order valence-corrected chi connectivity index (χ2v) is 7.04. The zero-order valence-electron chi connectivity index (χ0n) is 15.9. The van der Waals surface area contributed by atoms with Gasteiger partial charge in [-0.3, -0.25) is 0 Å². The molecule has 28 heavy (non-hydrogen) atoms.